The van der Waals surface area contributed by atoms with E-state index >= 15 is 0 Å². The van der Waals surface area contributed by atoms with Gasteiger partial charge in [0, 0.05) is 10.9 Å². The summed E-state index contributed by atoms with van der Waals surface area (Å²) in [6.07, 6.45) is 0. The molecule has 0 unspecified atom stereocenters. The van der Waals surface area contributed by atoms with Crippen LogP contribution in [0.15, 0.2) is 103 Å². The lowest BCUT2D eigenvalue weighted by Crippen LogP contribution is -1.96. The smallest absolute Gasteiger partial charge is 0.126 e. The van der Waals surface area contributed by atoms with E-state index < -0.39 is 0 Å². The van der Waals surface area contributed by atoms with Gasteiger partial charge in [-0.2, -0.15) is 0 Å². The highest BCUT2D eigenvalue weighted by Crippen LogP contribution is 2.39. The molecule has 1 heterocycles. The maximum atomic E-state index is 4.85. The van der Waals surface area contributed by atoms with Crippen molar-refractivity contribution in [3.63, 3.8) is 0 Å². The molecule has 138 valence electrons. The number of aryl methyl sites for hydroxylation is 1. The van der Waals surface area contributed by atoms with Crippen LogP contribution < -0.4 is 0 Å². The molecule has 0 amide bonds. The second-order valence-electron chi connectivity index (χ2n) is 7.10. The molecule has 5 rings (SSSR count). The third kappa shape index (κ3) is 3.19. The minimum atomic E-state index is 0.782. The van der Waals surface area contributed by atoms with Gasteiger partial charge in [-0.05, 0) is 35.2 Å². The minimum absolute atomic E-state index is 0.782. The van der Waals surface area contributed by atoms with Crippen LogP contribution >= 0.6 is 0 Å². The van der Waals surface area contributed by atoms with E-state index in [1.54, 1.807) is 0 Å². The number of hydrogen-bond acceptors (Lipinski definition) is 2. The first-order valence-electron chi connectivity index (χ1n) is 9.79. The third-order valence-corrected chi connectivity index (χ3v) is 5.18. The van der Waals surface area contributed by atoms with Crippen molar-refractivity contribution in [1.82, 2.24) is 9.97 Å². The Morgan fingerprint density at radius 2 is 1.07 bits per heavy atom. The summed E-state index contributed by atoms with van der Waals surface area (Å²) in [7, 11) is 0. The summed E-state index contributed by atoms with van der Waals surface area (Å²) in [6.45, 7) is 1.95. The maximum absolute atomic E-state index is 4.85. The standard InChI is InChI=1S/C27H20N2/c1-19-28-25-18-10-17-24(26(25)27(29-19)21-13-6-3-7-14-21)23-16-9-8-15-22(23)20-11-4-2-5-12-20/h2-18H,1H3. The topological polar surface area (TPSA) is 25.8 Å². The largest absolute Gasteiger partial charge is 0.233 e. The monoisotopic (exact) mass is 372 g/mol. The van der Waals surface area contributed by atoms with E-state index in [2.05, 4.69) is 91.0 Å². The van der Waals surface area contributed by atoms with Crippen molar-refractivity contribution in [2.45, 2.75) is 6.92 Å². The van der Waals surface area contributed by atoms with Crippen LogP contribution in [0.3, 0.4) is 0 Å². The van der Waals surface area contributed by atoms with Crippen molar-refractivity contribution in [1.29, 1.82) is 0 Å². The van der Waals surface area contributed by atoms with Gasteiger partial charge < -0.3 is 0 Å². The summed E-state index contributed by atoms with van der Waals surface area (Å²) in [5, 5.41) is 1.09. The summed E-state index contributed by atoms with van der Waals surface area (Å²) >= 11 is 0. The van der Waals surface area contributed by atoms with Gasteiger partial charge in [-0.3, -0.25) is 0 Å². The molecule has 0 aliphatic rings. The number of nitrogens with zero attached hydrogens (tertiary/aromatic N) is 2. The first-order valence-corrected chi connectivity index (χ1v) is 9.79. The van der Waals surface area contributed by atoms with E-state index in [0.717, 1.165) is 33.5 Å². The molecule has 0 fully saturated rings. The predicted octanol–water partition coefficient (Wildman–Crippen LogP) is 6.94. The van der Waals surface area contributed by atoms with Crippen LogP contribution in [0.2, 0.25) is 0 Å². The first-order chi connectivity index (χ1) is 14.3. The Bertz CT molecular complexity index is 1290. The quantitative estimate of drug-likeness (QED) is 0.343. The molecule has 2 heteroatoms. The molecule has 5 aromatic rings. The van der Waals surface area contributed by atoms with Crippen LogP contribution in [-0.2, 0) is 0 Å². The van der Waals surface area contributed by atoms with E-state index in [0.29, 0.717) is 0 Å². The molecule has 29 heavy (non-hydrogen) atoms. The molecule has 1 aromatic heterocycles. The van der Waals surface area contributed by atoms with Crippen LogP contribution in [0, 0.1) is 6.92 Å². The number of fused-ring (bicyclic) bond motifs is 1. The fraction of sp³-hybridized carbons (Fsp3) is 0.0370. The maximum Gasteiger partial charge on any atom is 0.126 e. The van der Waals surface area contributed by atoms with Gasteiger partial charge in [-0.25, -0.2) is 9.97 Å². The molecular weight excluding hydrogens is 352 g/mol. The van der Waals surface area contributed by atoms with Gasteiger partial charge in [0.05, 0.1) is 11.2 Å². The van der Waals surface area contributed by atoms with E-state index in [-0.39, 0.29) is 0 Å². The van der Waals surface area contributed by atoms with Crippen LogP contribution in [-0.4, -0.2) is 9.97 Å². The zero-order chi connectivity index (χ0) is 19.6. The molecular formula is C27H20N2. The Labute approximate surface area is 170 Å². The molecule has 0 saturated heterocycles. The van der Waals surface area contributed by atoms with Gasteiger partial charge in [0.25, 0.3) is 0 Å². The second-order valence-corrected chi connectivity index (χ2v) is 7.10. The number of aromatic nitrogens is 2. The Hall–Kier alpha value is -3.78. The Morgan fingerprint density at radius 3 is 1.79 bits per heavy atom. The zero-order valence-corrected chi connectivity index (χ0v) is 16.2. The third-order valence-electron chi connectivity index (χ3n) is 5.18. The summed E-state index contributed by atoms with van der Waals surface area (Å²) in [4.78, 5) is 9.59. The number of hydrogen-bond donors (Lipinski definition) is 0. The van der Waals surface area contributed by atoms with Crippen molar-refractivity contribution in [2.24, 2.45) is 0 Å². The fourth-order valence-corrected chi connectivity index (χ4v) is 3.92. The van der Waals surface area contributed by atoms with Crippen molar-refractivity contribution >= 4 is 10.9 Å². The minimum Gasteiger partial charge on any atom is -0.233 e. The molecule has 0 radical (unpaired) electrons. The summed E-state index contributed by atoms with van der Waals surface area (Å²) in [5.41, 5.74) is 7.81. The van der Waals surface area contributed by atoms with Gasteiger partial charge in [-0.15, -0.1) is 0 Å². The highest BCUT2D eigenvalue weighted by molar-refractivity contribution is 6.05. The summed E-state index contributed by atoms with van der Waals surface area (Å²) < 4.78 is 0. The van der Waals surface area contributed by atoms with Crippen LogP contribution in [0.1, 0.15) is 5.82 Å². The van der Waals surface area contributed by atoms with Crippen LogP contribution in [0.25, 0.3) is 44.4 Å². The van der Waals surface area contributed by atoms with E-state index in [1.165, 1.54) is 16.7 Å². The molecule has 0 aliphatic heterocycles. The predicted molar refractivity (Wildman–Crippen MR) is 121 cm³/mol. The Morgan fingerprint density at radius 1 is 0.483 bits per heavy atom. The number of rotatable bonds is 3. The second kappa shape index (κ2) is 7.33. The Kier molecular flexibility index (Phi) is 4.38. The van der Waals surface area contributed by atoms with E-state index in [9.17, 15) is 0 Å². The van der Waals surface area contributed by atoms with Crippen LogP contribution in [0.5, 0.6) is 0 Å². The highest BCUT2D eigenvalue weighted by Gasteiger charge is 2.15. The van der Waals surface area contributed by atoms with Gasteiger partial charge in [0.1, 0.15) is 5.82 Å². The average molecular weight is 372 g/mol. The fourth-order valence-electron chi connectivity index (χ4n) is 3.92. The van der Waals surface area contributed by atoms with E-state index in [4.69, 9.17) is 9.97 Å². The lowest BCUT2D eigenvalue weighted by molar-refractivity contribution is 1.10. The lowest BCUT2D eigenvalue weighted by atomic mass is 9.91. The Balaban J connectivity index is 1.85. The normalized spacial score (nSPS) is 10.9. The van der Waals surface area contributed by atoms with Crippen molar-refractivity contribution in [3.8, 4) is 33.5 Å². The van der Waals surface area contributed by atoms with Crippen molar-refractivity contribution in [3.05, 3.63) is 109 Å². The molecule has 2 nitrogen and oxygen atoms in total. The molecule has 0 bridgehead atoms. The van der Waals surface area contributed by atoms with Gasteiger partial charge in [0.15, 0.2) is 0 Å². The molecule has 4 aromatic carbocycles. The lowest BCUT2D eigenvalue weighted by Gasteiger charge is -2.15. The van der Waals surface area contributed by atoms with Crippen molar-refractivity contribution < 1.29 is 0 Å². The number of benzene rings is 4. The molecule has 0 saturated carbocycles. The molecule has 0 spiro atoms. The van der Waals surface area contributed by atoms with Crippen molar-refractivity contribution in [2.75, 3.05) is 0 Å². The van der Waals surface area contributed by atoms with E-state index in [1.807, 2.05) is 19.1 Å². The zero-order valence-electron chi connectivity index (χ0n) is 16.2. The van der Waals surface area contributed by atoms with Gasteiger partial charge in [0.2, 0.25) is 0 Å². The van der Waals surface area contributed by atoms with Gasteiger partial charge in [-0.1, -0.05) is 97.1 Å². The summed E-state index contributed by atoms with van der Waals surface area (Å²) in [6, 6.07) is 35.8. The van der Waals surface area contributed by atoms with Crippen LogP contribution in [0.4, 0.5) is 0 Å². The highest BCUT2D eigenvalue weighted by atomic mass is 14.9. The average Bonchev–Trinajstić information content (AvgIpc) is 2.79. The SMILES string of the molecule is Cc1nc(-c2ccccc2)c2c(-c3ccccc3-c3ccccc3)cccc2n1. The molecule has 0 N–H and O–H groups in total. The molecule has 0 aliphatic carbocycles. The first kappa shape index (κ1) is 17.3. The summed E-state index contributed by atoms with van der Waals surface area (Å²) in [5.74, 6) is 0.782. The molecule has 0 atom stereocenters. The van der Waals surface area contributed by atoms with Gasteiger partial charge >= 0.3 is 0 Å².